The third kappa shape index (κ3) is 3.78. The van der Waals surface area contributed by atoms with E-state index in [1.54, 1.807) is 12.1 Å². The van der Waals surface area contributed by atoms with E-state index in [-0.39, 0.29) is 11.5 Å². The number of sulfonamides is 1. The molecular formula is C19H27N3O5S. The van der Waals surface area contributed by atoms with Crippen LogP contribution in [-0.4, -0.2) is 53.0 Å². The molecule has 0 saturated heterocycles. The van der Waals surface area contributed by atoms with E-state index in [0.29, 0.717) is 30.7 Å². The predicted octanol–water partition coefficient (Wildman–Crippen LogP) is 2.04. The first kappa shape index (κ1) is 20.8. The smallest absolute Gasteiger partial charge is 0.338 e. The molecule has 1 saturated carbocycles. The number of aliphatic hydroxyl groups is 1. The van der Waals surface area contributed by atoms with Gasteiger partial charge < -0.3 is 14.4 Å². The number of hydrogen-bond acceptors (Lipinski definition) is 6. The van der Waals surface area contributed by atoms with Gasteiger partial charge in [0.1, 0.15) is 12.4 Å². The van der Waals surface area contributed by atoms with Gasteiger partial charge >= 0.3 is 5.97 Å². The fourth-order valence-electron chi connectivity index (χ4n) is 3.60. The minimum Gasteiger partial charge on any atom is -0.455 e. The maximum atomic E-state index is 12.4. The van der Waals surface area contributed by atoms with Crippen LogP contribution in [0.4, 0.5) is 0 Å². The van der Waals surface area contributed by atoms with Crippen LogP contribution in [0.25, 0.3) is 11.0 Å². The number of carbonyl (C=O) groups is 1. The average molecular weight is 410 g/mol. The molecule has 0 atom stereocenters. The van der Waals surface area contributed by atoms with Gasteiger partial charge in [-0.25, -0.2) is 22.5 Å². The van der Waals surface area contributed by atoms with Crippen molar-refractivity contribution in [3.63, 3.8) is 0 Å². The molecule has 9 heteroatoms. The lowest BCUT2D eigenvalue weighted by atomic mass is 9.85. The highest BCUT2D eigenvalue weighted by molar-refractivity contribution is 7.89. The maximum Gasteiger partial charge on any atom is 0.338 e. The molecule has 0 aliphatic heterocycles. The predicted molar refractivity (Wildman–Crippen MR) is 104 cm³/mol. The summed E-state index contributed by atoms with van der Waals surface area (Å²) in [6.45, 7) is 2.46. The van der Waals surface area contributed by atoms with Gasteiger partial charge in [0.25, 0.3) is 0 Å². The highest BCUT2D eigenvalue weighted by atomic mass is 32.2. The van der Waals surface area contributed by atoms with Crippen molar-refractivity contribution in [3.05, 3.63) is 24.0 Å². The van der Waals surface area contributed by atoms with Gasteiger partial charge in [0.15, 0.2) is 5.60 Å². The normalized spacial score (nSPS) is 17.2. The Bertz CT molecular complexity index is 975. The van der Waals surface area contributed by atoms with Gasteiger partial charge in [-0.05, 0) is 50.8 Å². The Hall–Kier alpha value is -1.97. The quantitative estimate of drug-likeness (QED) is 0.733. The third-order valence-electron chi connectivity index (χ3n) is 5.29. The Labute approximate surface area is 165 Å². The number of esters is 1. The molecule has 1 fully saturated rings. The molecule has 1 aliphatic carbocycles. The topological polar surface area (TPSA) is 102 Å². The Kier molecular flexibility index (Phi) is 5.79. The molecular weight excluding hydrogens is 382 g/mol. The first-order valence-electron chi connectivity index (χ1n) is 9.50. The molecule has 28 heavy (non-hydrogen) atoms. The minimum absolute atomic E-state index is 0.0700. The Morgan fingerprint density at radius 3 is 2.57 bits per heavy atom. The van der Waals surface area contributed by atoms with E-state index in [0.717, 1.165) is 29.1 Å². The zero-order valence-corrected chi connectivity index (χ0v) is 17.3. The average Bonchev–Trinajstić information content (AvgIpc) is 3.03. The lowest BCUT2D eigenvalue weighted by molar-refractivity contribution is -0.170. The molecule has 8 nitrogen and oxygen atoms in total. The second-order valence-corrected chi connectivity index (χ2v) is 9.53. The van der Waals surface area contributed by atoms with E-state index < -0.39 is 21.6 Å². The molecule has 0 bridgehead atoms. The summed E-state index contributed by atoms with van der Waals surface area (Å²) in [5.41, 5.74) is -0.122. The molecule has 2 aromatic rings. The number of benzene rings is 1. The van der Waals surface area contributed by atoms with Crippen LogP contribution in [0.15, 0.2) is 23.1 Å². The van der Waals surface area contributed by atoms with E-state index in [4.69, 9.17) is 4.74 Å². The molecule has 0 unspecified atom stereocenters. The zero-order valence-electron chi connectivity index (χ0n) is 16.5. The molecule has 0 spiro atoms. The number of imidazole rings is 1. The SMILES string of the molecule is CCn1c(COC(=O)C2(O)CCCCC2)nc2cc(S(=O)(=O)N(C)C)ccc21. The number of hydrogen-bond donors (Lipinski definition) is 1. The largest absolute Gasteiger partial charge is 0.455 e. The number of aromatic nitrogens is 2. The van der Waals surface area contributed by atoms with E-state index in [1.165, 1.54) is 20.2 Å². The van der Waals surface area contributed by atoms with Crippen molar-refractivity contribution in [2.45, 2.75) is 62.7 Å². The zero-order chi connectivity index (χ0) is 20.5. The van der Waals surface area contributed by atoms with Crippen molar-refractivity contribution in [3.8, 4) is 0 Å². The van der Waals surface area contributed by atoms with Gasteiger partial charge in [0.2, 0.25) is 10.0 Å². The number of ether oxygens (including phenoxy) is 1. The summed E-state index contributed by atoms with van der Waals surface area (Å²) < 4.78 is 33.1. The molecule has 3 rings (SSSR count). The van der Waals surface area contributed by atoms with E-state index >= 15 is 0 Å². The van der Waals surface area contributed by atoms with Gasteiger partial charge in [-0.1, -0.05) is 6.42 Å². The summed E-state index contributed by atoms with van der Waals surface area (Å²) in [7, 11) is -0.607. The monoisotopic (exact) mass is 409 g/mol. The van der Waals surface area contributed by atoms with Crippen molar-refractivity contribution in [2.75, 3.05) is 14.1 Å². The van der Waals surface area contributed by atoms with Crippen LogP contribution in [0.3, 0.4) is 0 Å². The summed E-state index contributed by atoms with van der Waals surface area (Å²) in [5.74, 6) is -0.0950. The molecule has 1 aromatic carbocycles. The van der Waals surface area contributed by atoms with Crippen LogP contribution < -0.4 is 0 Å². The fourth-order valence-corrected chi connectivity index (χ4v) is 4.52. The number of fused-ring (bicyclic) bond motifs is 1. The van der Waals surface area contributed by atoms with Gasteiger partial charge in [-0.15, -0.1) is 0 Å². The van der Waals surface area contributed by atoms with Gasteiger partial charge in [0.05, 0.1) is 15.9 Å². The Morgan fingerprint density at radius 2 is 1.96 bits per heavy atom. The summed E-state index contributed by atoms with van der Waals surface area (Å²) in [6, 6.07) is 4.78. The molecule has 0 radical (unpaired) electrons. The van der Waals surface area contributed by atoms with Crippen LogP contribution in [0.2, 0.25) is 0 Å². The number of nitrogens with zero attached hydrogens (tertiary/aromatic N) is 3. The van der Waals surface area contributed by atoms with Gasteiger partial charge in [-0.3, -0.25) is 0 Å². The second-order valence-electron chi connectivity index (χ2n) is 7.38. The molecule has 1 aliphatic rings. The van der Waals surface area contributed by atoms with Gasteiger partial charge in [-0.2, -0.15) is 0 Å². The summed E-state index contributed by atoms with van der Waals surface area (Å²) in [5, 5.41) is 10.5. The maximum absolute atomic E-state index is 12.4. The second kappa shape index (κ2) is 7.81. The number of aryl methyl sites for hydroxylation is 1. The molecule has 1 heterocycles. The van der Waals surface area contributed by atoms with Crippen molar-refractivity contribution < 1.29 is 23.1 Å². The number of rotatable bonds is 6. The van der Waals surface area contributed by atoms with E-state index in [1.807, 2.05) is 11.5 Å². The molecule has 1 N–H and O–H groups in total. The lowest BCUT2D eigenvalue weighted by Crippen LogP contribution is -2.41. The Morgan fingerprint density at radius 1 is 1.29 bits per heavy atom. The van der Waals surface area contributed by atoms with E-state index in [2.05, 4.69) is 4.98 Å². The molecule has 1 aromatic heterocycles. The molecule has 0 amide bonds. The van der Waals surface area contributed by atoms with Crippen LogP contribution in [0.1, 0.15) is 44.9 Å². The summed E-state index contributed by atoms with van der Waals surface area (Å²) in [6.07, 6.45) is 3.47. The van der Waals surface area contributed by atoms with E-state index in [9.17, 15) is 18.3 Å². The van der Waals surface area contributed by atoms with Crippen molar-refractivity contribution >= 4 is 27.0 Å². The van der Waals surface area contributed by atoms with Gasteiger partial charge in [0, 0.05) is 20.6 Å². The van der Waals surface area contributed by atoms with Crippen LogP contribution in [0.5, 0.6) is 0 Å². The third-order valence-corrected chi connectivity index (χ3v) is 7.10. The molecule has 154 valence electrons. The minimum atomic E-state index is -3.56. The first-order chi connectivity index (χ1) is 13.2. The van der Waals surface area contributed by atoms with Crippen LogP contribution in [0, 0.1) is 0 Å². The lowest BCUT2D eigenvalue weighted by Gasteiger charge is -2.29. The Balaban J connectivity index is 1.86. The summed E-state index contributed by atoms with van der Waals surface area (Å²) >= 11 is 0. The van der Waals surface area contributed by atoms with Crippen molar-refractivity contribution in [2.24, 2.45) is 0 Å². The summed E-state index contributed by atoms with van der Waals surface area (Å²) in [4.78, 5) is 17.0. The van der Waals surface area contributed by atoms with Crippen molar-refractivity contribution in [1.29, 1.82) is 0 Å². The van der Waals surface area contributed by atoms with Crippen molar-refractivity contribution in [1.82, 2.24) is 13.9 Å². The van der Waals surface area contributed by atoms with Crippen LogP contribution >= 0.6 is 0 Å². The number of carbonyl (C=O) groups excluding carboxylic acids is 1. The standard InChI is InChI=1S/C19H27N3O5S/c1-4-22-16-9-8-14(28(25,26)21(2)3)12-15(16)20-17(22)13-27-18(23)19(24)10-6-5-7-11-19/h8-9,12,24H,4-7,10-11,13H2,1-3H3. The van der Waals surface area contributed by atoms with Crippen LogP contribution in [-0.2, 0) is 32.7 Å². The highest BCUT2D eigenvalue weighted by Crippen LogP contribution is 2.29. The highest BCUT2D eigenvalue weighted by Gasteiger charge is 2.38. The fraction of sp³-hybridized carbons (Fsp3) is 0.579. The first-order valence-corrected chi connectivity index (χ1v) is 10.9.